The Morgan fingerprint density at radius 1 is 1.11 bits per heavy atom. The maximum atomic E-state index is 12.9. The quantitative estimate of drug-likeness (QED) is 0.854. The van der Waals surface area contributed by atoms with Crippen molar-refractivity contribution in [2.24, 2.45) is 0 Å². The highest BCUT2D eigenvalue weighted by Gasteiger charge is 2.38. The molecule has 0 spiro atoms. The molecule has 0 bridgehead atoms. The van der Waals surface area contributed by atoms with Crippen LogP contribution in [0, 0.1) is 0 Å². The lowest BCUT2D eigenvalue weighted by molar-refractivity contribution is -0.141. The van der Waals surface area contributed by atoms with Gasteiger partial charge in [0.15, 0.2) is 0 Å². The van der Waals surface area contributed by atoms with Crippen LogP contribution in [-0.4, -0.2) is 10.2 Å². The first-order valence-electron chi connectivity index (χ1n) is 5.62. The third-order valence-corrected chi connectivity index (χ3v) is 2.71. The fourth-order valence-electron chi connectivity index (χ4n) is 1.94. The predicted molar refractivity (Wildman–Crippen MR) is 63.1 cm³/mol. The fraction of sp³-hybridized carbons (Fsp3) is 0.308. The van der Waals surface area contributed by atoms with Crippen molar-refractivity contribution in [2.75, 3.05) is 0 Å². The second-order valence-corrected chi connectivity index (χ2v) is 4.38. The van der Waals surface area contributed by atoms with Gasteiger partial charge in [-0.1, -0.05) is 44.2 Å². The monoisotopic (exact) mass is 254 g/mol. The zero-order chi connectivity index (χ0) is 13.3. The Morgan fingerprint density at radius 3 is 2.22 bits per heavy atom. The minimum atomic E-state index is -4.40. The van der Waals surface area contributed by atoms with Gasteiger partial charge in [0.05, 0.1) is 5.69 Å². The van der Waals surface area contributed by atoms with Crippen LogP contribution >= 0.6 is 0 Å². The van der Waals surface area contributed by atoms with Crippen LogP contribution in [0.15, 0.2) is 30.3 Å². The normalized spacial score (nSPS) is 12.1. The summed E-state index contributed by atoms with van der Waals surface area (Å²) in [5.74, 6) is -0.254. The molecule has 0 aliphatic heterocycles. The zero-order valence-electron chi connectivity index (χ0n) is 10.0. The zero-order valence-corrected chi connectivity index (χ0v) is 10.0. The van der Waals surface area contributed by atoms with Crippen molar-refractivity contribution in [1.82, 2.24) is 10.2 Å². The molecule has 0 radical (unpaired) electrons. The topological polar surface area (TPSA) is 28.7 Å². The summed E-state index contributed by atoms with van der Waals surface area (Å²) in [6.07, 6.45) is -4.40. The van der Waals surface area contributed by atoms with Crippen LogP contribution in [0.5, 0.6) is 0 Å². The molecule has 0 fully saturated rings. The van der Waals surface area contributed by atoms with Gasteiger partial charge in [-0.2, -0.15) is 18.3 Å². The average molecular weight is 254 g/mol. The first-order chi connectivity index (χ1) is 8.41. The smallest absolute Gasteiger partial charge is 0.273 e. The van der Waals surface area contributed by atoms with Gasteiger partial charge >= 0.3 is 6.18 Å². The Kier molecular flexibility index (Phi) is 3.15. The number of aromatic amines is 1. The van der Waals surface area contributed by atoms with Crippen LogP contribution in [0.1, 0.15) is 31.0 Å². The van der Waals surface area contributed by atoms with Crippen LogP contribution in [0.2, 0.25) is 0 Å². The molecule has 1 heterocycles. The highest BCUT2D eigenvalue weighted by molar-refractivity contribution is 5.64. The van der Waals surface area contributed by atoms with Crippen LogP contribution in [-0.2, 0) is 6.18 Å². The number of rotatable bonds is 2. The molecule has 0 aliphatic rings. The predicted octanol–water partition coefficient (Wildman–Crippen LogP) is 4.22. The second-order valence-electron chi connectivity index (χ2n) is 4.38. The minimum absolute atomic E-state index is 0.216. The van der Waals surface area contributed by atoms with Crippen LogP contribution in [0.3, 0.4) is 0 Å². The molecule has 18 heavy (non-hydrogen) atoms. The molecule has 1 N–H and O–H groups in total. The Balaban J connectivity index is 2.60. The van der Waals surface area contributed by atoms with Crippen LogP contribution in [0.25, 0.3) is 11.3 Å². The summed E-state index contributed by atoms with van der Waals surface area (Å²) in [5, 5.41) is 5.95. The molecule has 1 aromatic heterocycles. The summed E-state index contributed by atoms with van der Waals surface area (Å²) in [6, 6.07) is 8.88. The Hall–Kier alpha value is -1.78. The van der Waals surface area contributed by atoms with Crippen molar-refractivity contribution in [2.45, 2.75) is 25.9 Å². The summed E-state index contributed by atoms with van der Waals surface area (Å²) in [6.45, 7) is 3.46. The summed E-state index contributed by atoms with van der Waals surface area (Å²) >= 11 is 0. The third-order valence-electron chi connectivity index (χ3n) is 2.71. The summed E-state index contributed by atoms with van der Waals surface area (Å²) < 4.78 is 38.6. The van der Waals surface area contributed by atoms with E-state index in [2.05, 4.69) is 10.2 Å². The summed E-state index contributed by atoms with van der Waals surface area (Å²) in [4.78, 5) is 0. The van der Waals surface area contributed by atoms with Gasteiger partial charge in [-0.05, 0) is 5.92 Å². The van der Waals surface area contributed by atoms with Gasteiger partial charge in [0.1, 0.15) is 5.69 Å². The number of hydrogen-bond donors (Lipinski definition) is 1. The molecule has 0 saturated heterocycles. The number of alkyl halides is 3. The standard InChI is InChI=1S/C13H13F3N2/c1-8(2)10-11(9-6-4-3-5-7-9)17-18-12(10)13(14,15)16/h3-8H,1-2H3,(H,17,18). The lowest BCUT2D eigenvalue weighted by Crippen LogP contribution is -2.09. The van der Waals surface area contributed by atoms with E-state index in [1.54, 1.807) is 38.1 Å². The van der Waals surface area contributed by atoms with Crippen molar-refractivity contribution in [3.8, 4) is 11.3 Å². The molecule has 0 atom stereocenters. The van der Waals surface area contributed by atoms with Crippen molar-refractivity contribution in [3.05, 3.63) is 41.6 Å². The number of hydrogen-bond acceptors (Lipinski definition) is 1. The van der Waals surface area contributed by atoms with Crippen molar-refractivity contribution >= 4 is 0 Å². The molecule has 0 amide bonds. The lowest BCUT2D eigenvalue weighted by atomic mass is 9.96. The van der Waals surface area contributed by atoms with E-state index >= 15 is 0 Å². The SMILES string of the molecule is CC(C)c1c(-c2ccccc2)n[nH]c1C(F)(F)F. The second kappa shape index (κ2) is 4.48. The molecule has 5 heteroatoms. The first kappa shape index (κ1) is 12.7. The van der Waals surface area contributed by atoms with E-state index in [1.165, 1.54) is 0 Å². The molecule has 96 valence electrons. The number of benzene rings is 1. The van der Waals surface area contributed by atoms with Gasteiger partial charge < -0.3 is 0 Å². The Bertz CT molecular complexity index is 527. The molecule has 2 rings (SSSR count). The number of H-pyrrole nitrogens is 1. The van der Waals surface area contributed by atoms with Crippen molar-refractivity contribution in [3.63, 3.8) is 0 Å². The maximum absolute atomic E-state index is 12.9. The molecule has 2 nitrogen and oxygen atoms in total. The lowest BCUT2D eigenvalue weighted by Gasteiger charge is -2.11. The van der Waals surface area contributed by atoms with Crippen molar-refractivity contribution < 1.29 is 13.2 Å². The Morgan fingerprint density at radius 2 is 1.72 bits per heavy atom. The van der Waals surface area contributed by atoms with Crippen LogP contribution in [0.4, 0.5) is 13.2 Å². The van der Waals surface area contributed by atoms with E-state index in [4.69, 9.17) is 0 Å². The van der Waals surface area contributed by atoms with Gasteiger partial charge in [-0.15, -0.1) is 0 Å². The van der Waals surface area contributed by atoms with E-state index in [0.717, 1.165) is 0 Å². The summed E-state index contributed by atoms with van der Waals surface area (Å²) in [7, 11) is 0. The molecular formula is C13H13F3N2. The van der Waals surface area contributed by atoms with Gasteiger partial charge in [0, 0.05) is 11.1 Å². The largest absolute Gasteiger partial charge is 0.433 e. The maximum Gasteiger partial charge on any atom is 0.433 e. The third kappa shape index (κ3) is 2.25. The van der Waals surface area contributed by atoms with Crippen molar-refractivity contribution in [1.29, 1.82) is 0 Å². The molecule has 0 saturated carbocycles. The molecule has 0 aliphatic carbocycles. The van der Waals surface area contributed by atoms with Gasteiger partial charge in [0.25, 0.3) is 0 Å². The highest BCUT2D eigenvalue weighted by Crippen LogP contribution is 2.38. The highest BCUT2D eigenvalue weighted by atomic mass is 19.4. The van der Waals surface area contributed by atoms with Gasteiger partial charge in [0.2, 0.25) is 0 Å². The summed E-state index contributed by atoms with van der Waals surface area (Å²) in [5.41, 5.74) is 0.524. The average Bonchev–Trinajstić information content (AvgIpc) is 2.74. The van der Waals surface area contributed by atoms with Crippen LogP contribution < -0.4 is 0 Å². The number of nitrogens with zero attached hydrogens (tertiary/aromatic N) is 1. The fourth-order valence-corrected chi connectivity index (χ4v) is 1.94. The number of nitrogens with one attached hydrogen (secondary N) is 1. The van der Waals surface area contributed by atoms with E-state index in [1.807, 2.05) is 6.07 Å². The first-order valence-corrected chi connectivity index (χ1v) is 5.62. The van der Waals surface area contributed by atoms with E-state index < -0.39 is 11.9 Å². The minimum Gasteiger partial charge on any atom is -0.273 e. The molecular weight excluding hydrogens is 241 g/mol. The van der Waals surface area contributed by atoms with E-state index in [9.17, 15) is 13.2 Å². The Labute approximate surface area is 103 Å². The van der Waals surface area contributed by atoms with E-state index in [0.29, 0.717) is 11.3 Å². The molecule has 0 unspecified atom stereocenters. The molecule has 1 aromatic carbocycles. The van der Waals surface area contributed by atoms with Gasteiger partial charge in [-0.3, -0.25) is 5.10 Å². The van der Waals surface area contributed by atoms with Gasteiger partial charge in [-0.25, -0.2) is 0 Å². The van der Waals surface area contributed by atoms with E-state index in [-0.39, 0.29) is 11.5 Å². The number of halogens is 3. The molecule has 2 aromatic rings. The number of aromatic nitrogens is 2.